The third kappa shape index (κ3) is 4.24. The zero-order valence-electron chi connectivity index (χ0n) is 22.7. The van der Waals surface area contributed by atoms with E-state index in [1.807, 2.05) is 24.3 Å². The van der Waals surface area contributed by atoms with Gasteiger partial charge in [0.25, 0.3) is 0 Å². The second-order valence-corrected chi connectivity index (χ2v) is 11.0. The first-order valence-corrected chi connectivity index (χ1v) is 12.8. The van der Waals surface area contributed by atoms with E-state index in [4.69, 9.17) is 0 Å². The summed E-state index contributed by atoms with van der Waals surface area (Å²) in [6, 6.07) is 10.3. The molecule has 12 heteroatoms. The first kappa shape index (κ1) is 26.9. The van der Waals surface area contributed by atoms with Gasteiger partial charge in [-0.25, -0.2) is 9.78 Å². The van der Waals surface area contributed by atoms with Gasteiger partial charge in [0.05, 0.1) is 52.8 Å². The highest BCUT2D eigenvalue weighted by atomic mass is 19.3. The third-order valence-electron chi connectivity index (χ3n) is 7.58. The monoisotopic (exact) mass is 566 g/mol. The third-order valence-corrected chi connectivity index (χ3v) is 7.58. The first-order valence-electron chi connectivity index (χ1n) is 12.8. The Hall–Kier alpha value is -4.32. The van der Waals surface area contributed by atoms with Crippen LogP contribution in [0.4, 0.5) is 23.4 Å². The van der Waals surface area contributed by atoms with Gasteiger partial charge in [0.15, 0.2) is 0 Å². The first-order chi connectivity index (χ1) is 19.2. The van der Waals surface area contributed by atoms with Gasteiger partial charge in [-0.1, -0.05) is 6.07 Å². The molecule has 0 aliphatic carbocycles. The number of aromatic nitrogens is 5. The van der Waals surface area contributed by atoms with Crippen molar-refractivity contribution in [1.29, 1.82) is 0 Å². The molecular weight excluding hydrogens is 540 g/mol. The van der Waals surface area contributed by atoms with Crippen LogP contribution < -0.4 is 10.6 Å². The molecule has 0 amide bonds. The van der Waals surface area contributed by atoms with Crippen LogP contribution in [0.1, 0.15) is 25.1 Å². The SMILES string of the molecule is Cc1nc(N2CC(F)(F)C(F)(F)C2)ccc1-n1c(=O)n(C)c2cnc3ccc(-c4cncc(C(C)(C)O)c4)cc3c21. The number of aryl methyl sites for hydroxylation is 2. The molecule has 1 saturated heterocycles. The van der Waals surface area contributed by atoms with E-state index in [-0.39, 0.29) is 11.5 Å². The summed E-state index contributed by atoms with van der Waals surface area (Å²) < 4.78 is 58.2. The topological polar surface area (TPSA) is 89.1 Å². The number of pyridine rings is 3. The van der Waals surface area contributed by atoms with Gasteiger partial charge in [-0.2, -0.15) is 17.6 Å². The van der Waals surface area contributed by atoms with Crippen LogP contribution in [0.3, 0.4) is 0 Å². The van der Waals surface area contributed by atoms with Gasteiger partial charge < -0.3 is 10.0 Å². The molecule has 0 radical (unpaired) electrons. The molecule has 0 unspecified atom stereocenters. The van der Waals surface area contributed by atoms with Gasteiger partial charge >= 0.3 is 17.5 Å². The molecule has 5 heterocycles. The maximum atomic E-state index is 13.8. The fourth-order valence-electron chi connectivity index (χ4n) is 5.21. The van der Waals surface area contributed by atoms with Crippen LogP contribution in [0.5, 0.6) is 0 Å². The summed E-state index contributed by atoms with van der Waals surface area (Å²) in [6.07, 6.45) is 4.88. The van der Waals surface area contributed by atoms with E-state index in [0.717, 1.165) is 16.0 Å². The maximum Gasteiger partial charge on any atom is 0.333 e. The minimum Gasteiger partial charge on any atom is -0.386 e. The maximum absolute atomic E-state index is 13.8. The lowest BCUT2D eigenvalue weighted by atomic mass is 9.96. The summed E-state index contributed by atoms with van der Waals surface area (Å²) in [6.45, 7) is 2.64. The molecule has 41 heavy (non-hydrogen) atoms. The van der Waals surface area contributed by atoms with Crippen molar-refractivity contribution in [3.63, 3.8) is 0 Å². The van der Waals surface area contributed by atoms with Gasteiger partial charge in [0.2, 0.25) is 0 Å². The van der Waals surface area contributed by atoms with Crippen molar-refractivity contribution < 1.29 is 22.7 Å². The highest BCUT2D eigenvalue weighted by Crippen LogP contribution is 2.42. The van der Waals surface area contributed by atoms with Gasteiger partial charge in [0.1, 0.15) is 5.82 Å². The van der Waals surface area contributed by atoms with E-state index < -0.39 is 30.5 Å². The number of halogens is 4. The number of anilines is 1. The van der Waals surface area contributed by atoms with Crippen molar-refractivity contribution >= 4 is 27.8 Å². The largest absolute Gasteiger partial charge is 0.386 e. The Kier molecular flexibility index (Phi) is 5.79. The predicted molar refractivity (Wildman–Crippen MR) is 147 cm³/mol. The van der Waals surface area contributed by atoms with Gasteiger partial charge in [0, 0.05) is 36.0 Å². The Morgan fingerprint density at radius 3 is 2.32 bits per heavy atom. The molecule has 5 aromatic rings. The molecular formula is C29H26F4N6O2. The highest BCUT2D eigenvalue weighted by Gasteiger charge is 2.63. The number of rotatable bonds is 4. The number of alkyl halides is 4. The van der Waals surface area contributed by atoms with Crippen molar-refractivity contribution in [1.82, 2.24) is 24.1 Å². The number of imidazole rings is 1. The average molecular weight is 567 g/mol. The van der Waals surface area contributed by atoms with Crippen molar-refractivity contribution in [2.45, 2.75) is 38.2 Å². The Bertz CT molecular complexity index is 1890. The molecule has 0 atom stereocenters. The van der Waals surface area contributed by atoms with Crippen molar-refractivity contribution in [2.75, 3.05) is 18.0 Å². The lowest BCUT2D eigenvalue weighted by molar-refractivity contribution is -0.172. The Morgan fingerprint density at radius 2 is 1.66 bits per heavy atom. The van der Waals surface area contributed by atoms with Crippen molar-refractivity contribution in [2.24, 2.45) is 7.05 Å². The molecule has 1 aliphatic rings. The molecule has 0 saturated carbocycles. The molecule has 1 aromatic carbocycles. The minimum absolute atomic E-state index is 0.0237. The summed E-state index contributed by atoms with van der Waals surface area (Å²) in [5.41, 5.74) is 3.11. The van der Waals surface area contributed by atoms with Crippen LogP contribution in [0.15, 0.2) is 59.8 Å². The Labute approximate surface area is 231 Å². The summed E-state index contributed by atoms with van der Waals surface area (Å²) >= 11 is 0. The summed E-state index contributed by atoms with van der Waals surface area (Å²) in [7, 11) is 1.61. The highest BCUT2D eigenvalue weighted by molar-refractivity contribution is 6.04. The summed E-state index contributed by atoms with van der Waals surface area (Å²) in [5, 5.41) is 11.1. The van der Waals surface area contributed by atoms with Crippen molar-refractivity contribution in [3.8, 4) is 16.8 Å². The molecule has 1 aliphatic heterocycles. The minimum atomic E-state index is -4.17. The Balaban J connectivity index is 1.52. The normalized spacial score (nSPS) is 16.7. The van der Waals surface area contributed by atoms with E-state index in [0.29, 0.717) is 38.9 Å². The van der Waals surface area contributed by atoms with E-state index >= 15 is 0 Å². The lowest BCUT2D eigenvalue weighted by Gasteiger charge is -2.18. The lowest BCUT2D eigenvalue weighted by Crippen LogP contribution is -2.38. The molecule has 1 N–H and O–H groups in total. The van der Waals surface area contributed by atoms with Crippen molar-refractivity contribution in [3.05, 3.63) is 76.7 Å². The van der Waals surface area contributed by atoms with E-state index in [2.05, 4.69) is 15.0 Å². The smallest absolute Gasteiger partial charge is 0.333 e. The zero-order chi connectivity index (χ0) is 29.5. The Morgan fingerprint density at radius 1 is 0.951 bits per heavy atom. The fourth-order valence-corrected chi connectivity index (χ4v) is 5.21. The number of fused-ring (bicyclic) bond motifs is 3. The second-order valence-electron chi connectivity index (χ2n) is 11.0. The summed E-state index contributed by atoms with van der Waals surface area (Å²) in [4.78, 5) is 27.5. The number of aliphatic hydroxyl groups is 1. The number of nitrogens with zero attached hydrogens (tertiary/aromatic N) is 6. The molecule has 0 bridgehead atoms. The van der Waals surface area contributed by atoms with E-state index in [9.17, 15) is 27.5 Å². The zero-order valence-corrected chi connectivity index (χ0v) is 22.7. The molecule has 1 fully saturated rings. The molecule has 212 valence electrons. The van der Waals surface area contributed by atoms with Gasteiger partial charge in [-0.3, -0.25) is 19.1 Å². The summed E-state index contributed by atoms with van der Waals surface area (Å²) in [5.74, 6) is -8.36. The van der Waals surface area contributed by atoms with E-state index in [1.54, 1.807) is 46.4 Å². The van der Waals surface area contributed by atoms with Gasteiger partial charge in [-0.05, 0) is 56.7 Å². The molecule has 0 spiro atoms. The van der Waals surface area contributed by atoms with Crippen LogP contribution >= 0.6 is 0 Å². The fraction of sp³-hybridized carbons (Fsp3) is 0.310. The molecule has 8 nitrogen and oxygen atoms in total. The average Bonchev–Trinajstić information content (AvgIpc) is 3.30. The van der Waals surface area contributed by atoms with Crippen LogP contribution in [0.25, 0.3) is 38.8 Å². The predicted octanol–water partition coefficient (Wildman–Crippen LogP) is 4.96. The van der Waals surface area contributed by atoms with Crippen LogP contribution in [-0.2, 0) is 12.6 Å². The van der Waals surface area contributed by atoms with E-state index in [1.165, 1.54) is 21.3 Å². The quantitative estimate of drug-likeness (QED) is 0.310. The van der Waals surface area contributed by atoms with Crippen LogP contribution in [0.2, 0.25) is 0 Å². The standard InChI is InChI=1S/C29H26F4N6O2/c1-16-22(7-8-24(36-16)38-14-28(30,31)29(32,33)15-38)39-25-20-10-17(18-9-19(12-34-11-18)27(2,3)41)5-6-21(20)35-13-23(25)37(4)26(39)40/h5-13,41H,14-15H2,1-4H3. The second kappa shape index (κ2) is 8.84. The number of hydrogen-bond donors (Lipinski definition) is 1. The molecule has 4 aromatic heterocycles. The molecule has 6 rings (SSSR count). The number of hydrogen-bond acceptors (Lipinski definition) is 6. The van der Waals surface area contributed by atoms with Crippen LogP contribution in [-0.4, -0.2) is 54.1 Å². The number of benzene rings is 1. The van der Waals surface area contributed by atoms with Gasteiger partial charge in [-0.15, -0.1) is 0 Å². The van der Waals surface area contributed by atoms with Crippen LogP contribution in [0, 0.1) is 6.92 Å².